The van der Waals surface area contributed by atoms with Crippen LogP contribution in [0.1, 0.15) is 73.7 Å². The number of carbonyl (C=O) groups is 2. The van der Waals surface area contributed by atoms with Crippen LogP contribution in [0.3, 0.4) is 0 Å². The van der Waals surface area contributed by atoms with Gasteiger partial charge >= 0.3 is 0 Å². The molecule has 1 aliphatic heterocycles. The van der Waals surface area contributed by atoms with Crippen LogP contribution in [-0.4, -0.2) is 23.1 Å². The van der Waals surface area contributed by atoms with Gasteiger partial charge in [0.15, 0.2) is 0 Å². The van der Waals surface area contributed by atoms with Crippen molar-refractivity contribution in [1.82, 2.24) is 0 Å². The highest BCUT2D eigenvalue weighted by Crippen LogP contribution is 2.37. The molecule has 1 heterocycles. The lowest BCUT2D eigenvalue weighted by molar-refractivity contribution is -0.114. The molecule has 1 amide bonds. The van der Waals surface area contributed by atoms with E-state index in [-0.39, 0.29) is 11.7 Å². The molecular weight excluding hydrogens is 354 g/mol. The van der Waals surface area contributed by atoms with Crippen molar-refractivity contribution >= 4 is 33.3 Å². The molecule has 3 nitrogen and oxygen atoms in total. The second-order valence-electron chi connectivity index (χ2n) is 6.82. The fraction of sp³-hybridized carbons (Fsp3) is 0.579. The molecule has 0 aromatic heterocycles. The summed E-state index contributed by atoms with van der Waals surface area (Å²) in [4.78, 5) is 26.7. The molecule has 1 atom stereocenters. The summed E-state index contributed by atoms with van der Waals surface area (Å²) in [6.07, 6.45) is 8.15. The predicted octanol–water partition coefficient (Wildman–Crippen LogP) is 4.83. The lowest BCUT2D eigenvalue weighted by Gasteiger charge is -2.23. The van der Waals surface area contributed by atoms with Gasteiger partial charge in [-0.25, -0.2) is 0 Å². The molecule has 124 valence electrons. The fourth-order valence-electron chi connectivity index (χ4n) is 3.76. The standard InChI is InChI=1S/C19H24BrNO2/c1-13(20)6-5-11-21-17-10-9-15(14-7-3-2-4-8-14)12-16(17)18(22)19(21)23/h9-10,12-14H,2-8,11H2,1H3. The number of carbonyl (C=O) groups excluding carboxylic acids is 2. The Hall–Kier alpha value is -1.16. The van der Waals surface area contributed by atoms with Gasteiger partial charge in [0, 0.05) is 11.4 Å². The summed E-state index contributed by atoms with van der Waals surface area (Å²) in [5.74, 6) is -0.132. The number of nitrogens with zero attached hydrogens (tertiary/aromatic N) is 1. The number of rotatable bonds is 5. The van der Waals surface area contributed by atoms with Gasteiger partial charge in [-0.3, -0.25) is 9.59 Å². The van der Waals surface area contributed by atoms with Gasteiger partial charge in [-0.05, 0) is 49.3 Å². The number of fused-ring (bicyclic) bond motifs is 1. The largest absolute Gasteiger partial charge is 0.305 e. The van der Waals surface area contributed by atoms with Crippen molar-refractivity contribution in [2.75, 3.05) is 11.4 Å². The molecule has 1 fully saturated rings. The number of benzene rings is 1. The number of anilines is 1. The number of ketones is 1. The predicted molar refractivity (Wildman–Crippen MR) is 96.6 cm³/mol. The summed E-state index contributed by atoms with van der Waals surface area (Å²) >= 11 is 3.53. The van der Waals surface area contributed by atoms with E-state index in [2.05, 4.69) is 28.9 Å². The number of amides is 1. The first kappa shape index (κ1) is 16.7. The Morgan fingerprint density at radius 3 is 2.65 bits per heavy atom. The summed E-state index contributed by atoms with van der Waals surface area (Å²) in [5.41, 5.74) is 2.66. The topological polar surface area (TPSA) is 37.4 Å². The molecule has 1 aliphatic carbocycles. The van der Waals surface area contributed by atoms with Crippen molar-refractivity contribution < 1.29 is 9.59 Å². The maximum absolute atomic E-state index is 12.3. The zero-order valence-corrected chi connectivity index (χ0v) is 15.3. The number of alkyl halides is 1. The van der Waals surface area contributed by atoms with E-state index in [0.29, 0.717) is 22.9 Å². The molecular formula is C19H24BrNO2. The maximum Gasteiger partial charge on any atom is 0.299 e. The van der Waals surface area contributed by atoms with Gasteiger partial charge in [-0.2, -0.15) is 0 Å². The Balaban J connectivity index is 1.79. The number of hydrogen-bond acceptors (Lipinski definition) is 2. The minimum absolute atomic E-state index is 0.329. The van der Waals surface area contributed by atoms with E-state index in [9.17, 15) is 9.59 Å². The van der Waals surface area contributed by atoms with Gasteiger partial charge < -0.3 is 4.90 Å². The van der Waals surface area contributed by atoms with Crippen LogP contribution in [0.2, 0.25) is 0 Å². The Labute approximate surface area is 146 Å². The third-order valence-corrected chi connectivity index (χ3v) is 5.51. The van der Waals surface area contributed by atoms with Gasteiger partial charge in [-0.15, -0.1) is 0 Å². The molecule has 4 heteroatoms. The van der Waals surface area contributed by atoms with Crippen molar-refractivity contribution in [3.8, 4) is 0 Å². The first-order chi connectivity index (χ1) is 11.1. The highest BCUT2D eigenvalue weighted by Gasteiger charge is 2.36. The Morgan fingerprint density at radius 2 is 1.96 bits per heavy atom. The van der Waals surface area contributed by atoms with Crippen LogP contribution in [0, 0.1) is 0 Å². The maximum atomic E-state index is 12.3. The quantitative estimate of drug-likeness (QED) is 0.544. The molecule has 1 aromatic rings. The molecule has 0 spiro atoms. The third-order valence-electron chi connectivity index (χ3n) is 5.06. The van der Waals surface area contributed by atoms with E-state index in [1.807, 2.05) is 12.1 Å². The van der Waals surface area contributed by atoms with E-state index >= 15 is 0 Å². The average molecular weight is 378 g/mol. The highest BCUT2D eigenvalue weighted by atomic mass is 79.9. The minimum Gasteiger partial charge on any atom is -0.305 e. The van der Waals surface area contributed by atoms with Crippen molar-refractivity contribution in [2.24, 2.45) is 0 Å². The van der Waals surface area contributed by atoms with Crippen molar-refractivity contribution in [2.45, 2.75) is 62.6 Å². The number of Topliss-reactive ketones (excluding diaryl/α,β-unsaturated/α-hetero) is 1. The summed E-state index contributed by atoms with van der Waals surface area (Å²) < 4.78 is 0. The number of halogens is 1. The highest BCUT2D eigenvalue weighted by molar-refractivity contribution is 9.09. The van der Waals surface area contributed by atoms with Crippen LogP contribution >= 0.6 is 15.9 Å². The van der Waals surface area contributed by atoms with Crippen LogP contribution in [0.5, 0.6) is 0 Å². The third kappa shape index (κ3) is 3.52. The van der Waals surface area contributed by atoms with Gasteiger partial charge in [0.1, 0.15) is 0 Å². The zero-order chi connectivity index (χ0) is 16.4. The first-order valence-corrected chi connectivity index (χ1v) is 9.63. The fourth-order valence-corrected chi connectivity index (χ4v) is 4.08. The van der Waals surface area contributed by atoms with Crippen molar-refractivity contribution in [3.63, 3.8) is 0 Å². The van der Waals surface area contributed by atoms with Gasteiger partial charge in [0.2, 0.25) is 0 Å². The molecule has 1 aromatic carbocycles. The van der Waals surface area contributed by atoms with Crippen molar-refractivity contribution in [3.05, 3.63) is 29.3 Å². The zero-order valence-electron chi connectivity index (χ0n) is 13.7. The van der Waals surface area contributed by atoms with Crippen molar-refractivity contribution in [1.29, 1.82) is 0 Å². The Morgan fingerprint density at radius 1 is 1.22 bits per heavy atom. The average Bonchev–Trinajstić information content (AvgIpc) is 2.80. The molecule has 0 N–H and O–H groups in total. The van der Waals surface area contributed by atoms with E-state index in [0.717, 1.165) is 18.5 Å². The van der Waals surface area contributed by atoms with E-state index in [1.165, 1.54) is 37.7 Å². The summed E-state index contributed by atoms with van der Waals surface area (Å²) in [5, 5.41) is 0. The second-order valence-corrected chi connectivity index (χ2v) is 8.38. The SMILES string of the molecule is CC(Br)CCCN1C(=O)C(=O)c2cc(C3CCCCC3)ccc21. The van der Waals surface area contributed by atoms with Gasteiger partial charge in [0.25, 0.3) is 11.7 Å². The van der Waals surface area contributed by atoms with Crippen LogP contribution in [-0.2, 0) is 4.79 Å². The van der Waals surface area contributed by atoms with E-state index in [1.54, 1.807) is 4.90 Å². The monoisotopic (exact) mass is 377 g/mol. The summed E-state index contributed by atoms with van der Waals surface area (Å²) in [7, 11) is 0. The number of hydrogen-bond donors (Lipinski definition) is 0. The van der Waals surface area contributed by atoms with Gasteiger partial charge in [-0.1, -0.05) is 48.2 Å². The van der Waals surface area contributed by atoms with Crippen LogP contribution in [0.25, 0.3) is 0 Å². The van der Waals surface area contributed by atoms with Crippen LogP contribution in [0.4, 0.5) is 5.69 Å². The van der Waals surface area contributed by atoms with E-state index < -0.39 is 0 Å². The molecule has 1 unspecified atom stereocenters. The van der Waals surface area contributed by atoms with E-state index in [4.69, 9.17) is 0 Å². The Bertz CT molecular complexity index is 605. The molecule has 2 aliphatic rings. The van der Waals surface area contributed by atoms with Gasteiger partial charge in [0.05, 0.1) is 11.3 Å². The van der Waals surface area contributed by atoms with Crippen LogP contribution in [0.15, 0.2) is 18.2 Å². The molecule has 0 saturated heterocycles. The first-order valence-electron chi connectivity index (χ1n) is 8.72. The normalized spacial score (nSPS) is 20.0. The second kappa shape index (κ2) is 7.16. The lowest BCUT2D eigenvalue weighted by atomic mass is 9.83. The molecule has 3 rings (SSSR count). The van der Waals surface area contributed by atoms with Crippen LogP contribution < -0.4 is 4.90 Å². The lowest BCUT2D eigenvalue weighted by Crippen LogP contribution is -2.30. The smallest absolute Gasteiger partial charge is 0.299 e. The minimum atomic E-state index is -0.358. The summed E-state index contributed by atoms with van der Waals surface area (Å²) in [6.45, 7) is 2.72. The molecule has 1 saturated carbocycles. The molecule has 0 bridgehead atoms. The molecule has 23 heavy (non-hydrogen) atoms. The summed E-state index contributed by atoms with van der Waals surface area (Å²) in [6, 6.07) is 6.10. The molecule has 0 radical (unpaired) electrons. The Kier molecular flexibility index (Phi) is 5.20.